The van der Waals surface area contributed by atoms with Gasteiger partial charge in [0.15, 0.2) is 0 Å². The van der Waals surface area contributed by atoms with E-state index in [0.29, 0.717) is 11.1 Å². The molecule has 15 rings (SSSR count). The van der Waals surface area contributed by atoms with Crippen LogP contribution in [0, 0.1) is 48.4 Å². The summed E-state index contributed by atoms with van der Waals surface area (Å²) in [6.07, 6.45) is 14.7. The number of halogens is 2. The van der Waals surface area contributed by atoms with Gasteiger partial charge in [-0.25, -0.2) is 0 Å². The molecule has 0 heterocycles. The Kier molecular flexibility index (Phi) is 37.2. The zero-order valence-electron chi connectivity index (χ0n) is 57.9. The summed E-state index contributed by atoms with van der Waals surface area (Å²) in [7, 11) is -2.65. The Bertz CT molecular complexity index is 4240. The average molecular weight is 1840 g/mol. The molecule has 0 unspecified atom stereocenters. The normalized spacial score (nSPS) is 9.78. The van der Waals surface area contributed by atoms with E-state index in [4.69, 9.17) is 12.8 Å². The van der Waals surface area contributed by atoms with Crippen molar-refractivity contribution in [2.75, 3.05) is 0 Å². The second kappa shape index (κ2) is 47.1. The van der Waals surface area contributed by atoms with Crippen molar-refractivity contribution in [3.8, 4) is 35.5 Å². The molecule has 0 spiro atoms. The molecule has 520 valence electrons. The first kappa shape index (κ1) is 83.7. The van der Waals surface area contributed by atoms with Gasteiger partial charge in [0, 0.05) is 42.1 Å². The van der Waals surface area contributed by atoms with Crippen molar-refractivity contribution in [3.05, 3.63) is 483 Å². The van der Waals surface area contributed by atoms with Crippen LogP contribution in [0.3, 0.4) is 0 Å². The van der Waals surface area contributed by atoms with E-state index in [1.165, 1.54) is 63.7 Å². The molecule has 0 saturated carbocycles. The fourth-order valence-corrected chi connectivity index (χ4v) is 21.1. The molecular weight excluding hydrogens is 1760 g/mol. The Hall–Kier alpha value is -9.56. The van der Waals surface area contributed by atoms with E-state index >= 15 is 0 Å². The van der Waals surface area contributed by atoms with Crippen LogP contribution in [0.2, 0.25) is 0 Å². The number of hydrogen-bond donors (Lipinski definition) is 0. The summed E-state index contributed by atoms with van der Waals surface area (Å²) in [5.74, 6) is 17.3. The summed E-state index contributed by atoms with van der Waals surface area (Å²) in [4.78, 5) is 0. The predicted molar refractivity (Wildman–Crippen MR) is 462 cm³/mol. The minimum Gasteiger partial charge on any atom is -0.366 e. The fraction of sp³-hybridized carbons (Fsp3) is 0. The van der Waals surface area contributed by atoms with E-state index < -0.39 is 31.7 Å². The molecule has 15 aromatic carbocycles. The van der Waals surface area contributed by atoms with Gasteiger partial charge < -0.3 is 6.42 Å². The molecule has 0 aromatic heterocycles. The van der Waals surface area contributed by atoms with Crippen LogP contribution in [0.25, 0.3) is 0 Å². The summed E-state index contributed by atoms with van der Waals surface area (Å²) >= 11 is 0. The van der Waals surface area contributed by atoms with Crippen LogP contribution < -0.4 is 63.7 Å². The van der Waals surface area contributed by atoms with E-state index in [2.05, 4.69) is 400 Å². The Morgan fingerprint density at radius 3 is 0.519 bits per heavy atom. The average Bonchev–Trinajstić information content (AvgIpc) is 0.836. The molecule has 0 atom stereocenters. The summed E-state index contributed by atoms with van der Waals surface area (Å²) in [6, 6.07) is 152. The minimum absolute atomic E-state index is 0. The van der Waals surface area contributed by atoms with Crippen LogP contribution in [0.5, 0.6) is 0 Å². The van der Waals surface area contributed by atoms with Crippen LogP contribution in [0.1, 0.15) is 33.4 Å². The van der Waals surface area contributed by atoms with E-state index in [1.807, 2.05) is 72.8 Å². The molecule has 0 aliphatic rings. The molecule has 15 aromatic rings. The molecule has 0 N–H and O–H groups in total. The Morgan fingerprint density at radius 1 is 0.198 bits per heavy atom. The van der Waals surface area contributed by atoms with Gasteiger partial charge in [0.2, 0.25) is 0 Å². The van der Waals surface area contributed by atoms with Crippen molar-refractivity contribution in [1.82, 2.24) is 0 Å². The molecule has 0 saturated heterocycles. The third-order valence-corrected chi connectivity index (χ3v) is 26.5. The number of rotatable bonds is 12. The fourth-order valence-electron chi connectivity index (χ4n) is 11.4. The van der Waals surface area contributed by atoms with Crippen molar-refractivity contribution in [2.45, 2.75) is 0 Å². The smallest absolute Gasteiger partial charge is 0.366 e. The molecule has 8 heteroatoms. The summed E-state index contributed by atoms with van der Waals surface area (Å²) in [6.45, 7) is 0. The zero-order valence-corrected chi connectivity index (χ0v) is 67.9. The van der Waals surface area contributed by atoms with Gasteiger partial charge in [0.25, 0.3) is 0 Å². The first-order valence-corrected chi connectivity index (χ1v) is 39.4. The van der Waals surface area contributed by atoms with E-state index in [-0.39, 0.29) is 66.9 Å². The summed E-state index contributed by atoms with van der Waals surface area (Å²) in [5, 5.41) is 17.0. The second-order valence-electron chi connectivity index (χ2n) is 23.0. The van der Waals surface area contributed by atoms with Gasteiger partial charge in [-0.05, 0) is 120 Å². The number of hydrogen-bond acceptors (Lipinski definition) is 0. The molecule has 106 heavy (non-hydrogen) atoms. The van der Waals surface area contributed by atoms with Crippen molar-refractivity contribution in [1.29, 1.82) is 0 Å². The van der Waals surface area contributed by atoms with Crippen molar-refractivity contribution in [3.63, 3.8) is 0 Å². The topological polar surface area (TPSA) is 0 Å². The van der Waals surface area contributed by atoms with E-state index in [9.17, 15) is 0 Å². The predicted octanol–water partition coefficient (Wildman–Crippen LogP) is 18.4. The Labute approximate surface area is 674 Å². The third-order valence-electron chi connectivity index (χ3n) is 16.2. The second-order valence-corrected chi connectivity index (χ2v) is 32.4. The molecular formula is C98H76Cl2P4Pt2+2. The first-order valence-electron chi connectivity index (χ1n) is 33.8. The van der Waals surface area contributed by atoms with Gasteiger partial charge in [0.1, 0.15) is 31.8 Å². The Morgan fingerprint density at radius 2 is 0.340 bits per heavy atom. The van der Waals surface area contributed by atoms with Gasteiger partial charge in [-0.3, -0.25) is 0 Å². The Balaban J connectivity index is 0.000000184. The van der Waals surface area contributed by atoms with Crippen LogP contribution in [0.15, 0.2) is 437 Å². The minimum atomic E-state index is -0.877. The molecule has 0 nitrogen and oxygen atoms in total. The molecule has 0 bridgehead atoms. The number of benzene rings is 15. The van der Waals surface area contributed by atoms with Gasteiger partial charge >= 0.3 is 142 Å². The maximum atomic E-state index is 7.35. The van der Waals surface area contributed by atoms with Crippen LogP contribution in [0.4, 0.5) is 0 Å². The van der Waals surface area contributed by atoms with Crippen molar-refractivity contribution >= 4 is 120 Å². The molecule has 0 aliphatic carbocycles. The van der Waals surface area contributed by atoms with Crippen molar-refractivity contribution in [2.24, 2.45) is 0 Å². The molecule has 0 radical (unpaired) electrons. The molecule has 0 amide bonds. The summed E-state index contributed by atoms with van der Waals surface area (Å²) in [5.41, 5.74) is 4.48. The van der Waals surface area contributed by atoms with Crippen LogP contribution >= 0.6 is 56.5 Å². The van der Waals surface area contributed by atoms with Gasteiger partial charge in [-0.15, -0.1) is 24.8 Å². The third kappa shape index (κ3) is 25.0. The molecule has 0 aliphatic heterocycles. The quantitative estimate of drug-likeness (QED) is 0.0650. The van der Waals surface area contributed by atoms with Crippen molar-refractivity contribution < 1.29 is 42.1 Å². The van der Waals surface area contributed by atoms with Crippen LogP contribution in [-0.2, 0) is 42.1 Å². The van der Waals surface area contributed by atoms with Gasteiger partial charge in [-0.1, -0.05) is 297 Å². The summed E-state index contributed by atoms with van der Waals surface area (Å²) < 4.78 is 0. The standard InChI is InChI=1S/C26H12.4C18H15P.2ClH.2Pt/c1-3-21-11-5-7-13-23(21)17-19-25-15-9-10-16-26(25)20-18-24-14-8-6-12-22(24)4-2;4*1-4-10-16(11-5-1)19(17-12-6-2-7-13-17)18-14-8-3-9-15-18;;;;/h5-16H;4*1-15H;2*1H;;/p+2. The SMILES string of the molecule is Cl.Cl.[C+]#Cc1ccccc1C#Cc1ccccc1C#Cc1ccccc1C#[C-].[Pt].[Pt].c1ccc(P(c2ccccc2)c2ccccc2)cc1.c1ccc(P(c2ccccc2)c2ccccc2)cc1.c1ccc([PH+](c2ccccc2)c2ccccc2)cc1.c1ccc([PH+](c2ccccc2)c2ccccc2)cc1. The maximum absolute atomic E-state index is 7.35. The zero-order chi connectivity index (χ0) is 69.9. The van der Waals surface area contributed by atoms with E-state index in [1.54, 1.807) is 0 Å². The van der Waals surface area contributed by atoms with E-state index in [0.717, 1.165) is 22.3 Å². The van der Waals surface area contributed by atoms with Crippen LogP contribution in [-0.4, -0.2) is 0 Å². The van der Waals surface area contributed by atoms with Gasteiger partial charge in [0.05, 0.1) is 15.8 Å². The monoisotopic (exact) mass is 1840 g/mol. The molecule has 0 fully saturated rings. The first-order chi connectivity index (χ1) is 50.6. The van der Waals surface area contributed by atoms with Gasteiger partial charge in [-0.2, -0.15) is 0 Å².